The summed E-state index contributed by atoms with van der Waals surface area (Å²) in [6.07, 6.45) is 2.99. The highest BCUT2D eigenvalue weighted by Gasteiger charge is 2.35. The topological polar surface area (TPSA) is 78.5 Å². The SMILES string of the molecule is CNCC1CCCN1S(=O)(=O)c1ccc(CCNC(=O)CC(C)C)s1. The van der Waals surface area contributed by atoms with Crippen LogP contribution in [0, 0.1) is 5.92 Å². The van der Waals surface area contributed by atoms with Crippen molar-refractivity contribution in [3.05, 3.63) is 17.0 Å². The molecule has 1 atom stereocenters. The number of carbonyl (C=O) groups is 1. The molecule has 1 aliphatic heterocycles. The van der Waals surface area contributed by atoms with Crippen LogP contribution in [0.3, 0.4) is 0 Å². The second kappa shape index (κ2) is 9.12. The Morgan fingerprint density at radius 3 is 2.84 bits per heavy atom. The van der Waals surface area contributed by atoms with Crippen LogP contribution >= 0.6 is 11.3 Å². The molecule has 0 bridgehead atoms. The Hall–Kier alpha value is -0.960. The Kier molecular flexibility index (Phi) is 7.42. The minimum Gasteiger partial charge on any atom is -0.356 e. The largest absolute Gasteiger partial charge is 0.356 e. The van der Waals surface area contributed by atoms with Crippen LogP contribution in [-0.4, -0.2) is 51.4 Å². The van der Waals surface area contributed by atoms with E-state index in [1.165, 1.54) is 11.3 Å². The first-order valence-electron chi connectivity index (χ1n) is 8.86. The lowest BCUT2D eigenvalue weighted by molar-refractivity contribution is -0.121. The third-order valence-electron chi connectivity index (χ3n) is 4.25. The van der Waals surface area contributed by atoms with Gasteiger partial charge in [-0.05, 0) is 44.4 Å². The Morgan fingerprint density at radius 1 is 1.40 bits per heavy atom. The summed E-state index contributed by atoms with van der Waals surface area (Å²) in [6, 6.07) is 3.59. The number of amides is 1. The highest BCUT2D eigenvalue weighted by molar-refractivity contribution is 7.91. The Morgan fingerprint density at radius 2 is 2.16 bits per heavy atom. The van der Waals surface area contributed by atoms with Gasteiger partial charge in [-0.2, -0.15) is 4.31 Å². The molecule has 0 aromatic carbocycles. The molecule has 2 rings (SSSR count). The van der Waals surface area contributed by atoms with Crippen LogP contribution in [0.1, 0.15) is 38.0 Å². The monoisotopic (exact) mass is 387 g/mol. The number of thiophene rings is 1. The fraction of sp³-hybridized carbons (Fsp3) is 0.706. The summed E-state index contributed by atoms with van der Waals surface area (Å²) in [5.41, 5.74) is 0. The molecule has 0 aliphatic carbocycles. The van der Waals surface area contributed by atoms with Crippen molar-refractivity contribution in [2.75, 3.05) is 26.7 Å². The second-order valence-electron chi connectivity index (χ2n) is 6.89. The van der Waals surface area contributed by atoms with E-state index in [4.69, 9.17) is 0 Å². The molecule has 142 valence electrons. The van der Waals surface area contributed by atoms with Gasteiger partial charge in [0.1, 0.15) is 4.21 Å². The van der Waals surface area contributed by atoms with Gasteiger partial charge in [0.25, 0.3) is 10.0 Å². The van der Waals surface area contributed by atoms with Crippen molar-refractivity contribution in [3.63, 3.8) is 0 Å². The summed E-state index contributed by atoms with van der Waals surface area (Å²) in [5.74, 6) is 0.385. The molecule has 0 radical (unpaired) electrons. The van der Waals surface area contributed by atoms with Crippen molar-refractivity contribution in [1.29, 1.82) is 0 Å². The van der Waals surface area contributed by atoms with Gasteiger partial charge >= 0.3 is 0 Å². The van der Waals surface area contributed by atoms with E-state index in [9.17, 15) is 13.2 Å². The van der Waals surface area contributed by atoms with E-state index in [0.29, 0.717) is 42.6 Å². The second-order valence-corrected chi connectivity index (χ2v) is 10.2. The summed E-state index contributed by atoms with van der Waals surface area (Å²) < 4.78 is 27.8. The summed E-state index contributed by atoms with van der Waals surface area (Å²) in [6.45, 7) is 5.83. The Balaban J connectivity index is 1.94. The summed E-state index contributed by atoms with van der Waals surface area (Å²) in [5, 5.41) is 5.97. The number of hydrogen-bond donors (Lipinski definition) is 2. The third-order valence-corrected chi connectivity index (χ3v) is 7.81. The molecule has 2 heterocycles. The van der Waals surface area contributed by atoms with Crippen molar-refractivity contribution in [2.24, 2.45) is 5.92 Å². The van der Waals surface area contributed by atoms with Crippen LogP contribution in [0.2, 0.25) is 0 Å². The minimum absolute atomic E-state index is 0.0378. The number of sulfonamides is 1. The van der Waals surface area contributed by atoms with Gasteiger partial charge in [-0.25, -0.2) is 8.42 Å². The molecule has 1 aromatic rings. The number of nitrogens with one attached hydrogen (secondary N) is 2. The summed E-state index contributed by atoms with van der Waals surface area (Å²) >= 11 is 1.31. The van der Waals surface area contributed by atoms with E-state index in [-0.39, 0.29) is 11.9 Å². The normalized spacial score (nSPS) is 18.8. The fourth-order valence-electron chi connectivity index (χ4n) is 3.08. The number of hydrogen-bond acceptors (Lipinski definition) is 5. The van der Waals surface area contributed by atoms with E-state index >= 15 is 0 Å². The van der Waals surface area contributed by atoms with Crippen LogP contribution in [0.25, 0.3) is 0 Å². The van der Waals surface area contributed by atoms with Crippen molar-refractivity contribution >= 4 is 27.3 Å². The van der Waals surface area contributed by atoms with Gasteiger partial charge < -0.3 is 10.6 Å². The first kappa shape index (κ1) is 20.4. The van der Waals surface area contributed by atoms with Crippen molar-refractivity contribution < 1.29 is 13.2 Å². The highest BCUT2D eigenvalue weighted by atomic mass is 32.2. The van der Waals surface area contributed by atoms with Crippen LogP contribution < -0.4 is 10.6 Å². The Labute approximate surface area is 155 Å². The molecule has 1 saturated heterocycles. The Bertz CT molecular complexity index is 670. The molecule has 8 heteroatoms. The van der Waals surface area contributed by atoms with Crippen molar-refractivity contribution in [1.82, 2.24) is 14.9 Å². The summed E-state index contributed by atoms with van der Waals surface area (Å²) in [4.78, 5) is 12.6. The van der Waals surface area contributed by atoms with Gasteiger partial charge in [-0.1, -0.05) is 13.8 Å². The molecule has 1 amide bonds. The molecule has 1 fully saturated rings. The van der Waals surface area contributed by atoms with Gasteiger partial charge in [0.15, 0.2) is 0 Å². The number of rotatable bonds is 9. The highest BCUT2D eigenvalue weighted by Crippen LogP contribution is 2.30. The van der Waals surface area contributed by atoms with Crippen LogP contribution in [0.15, 0.2) is 16.3 Å². The van der Waals surface area contributed by atoms with Gasteiger partial charge in [-0.3, -0.25) is 4.79 Å². The maximum atomic E-state index is 12.9. The first-order chi connectivity index (χ1) is 11.8. The lowest BCUT2D eigenvalue weighted by atomic mass is 10.1. The molecular formula is C17H29N3O3S2. The lowest BCUT2D eigenvalue weighted by Crippen LogP contribution is -2.40. The van der Waals surface area contributed by atoms with Crippen LogP contribution in [0.4, 0.5) is 0 Å². The van der Waals surface area contributed by atoms with Gasteiger partial charge in [0, 0.05) is 37.0 Å². The van der Waals surface area contributed by atoms with E-state index in [1.807, 2.05) is 27.0 Å². The molecule has 0 spiro atoms. The van der Waals surface area contributed by atoms with Crippen LogP contribution in [-0.2, 0) is 21.2 Å². The summed E-state index contributed by atoms with van der Waals surface area (Å²) in [7, 11) is -1.57. The van der Waals surface area contributed by atoms with Crippen molar-refractivity contribution in [2.45, 2.75) is 49.8 Å². The molecular weight excluding hydrogens is 358 g/mol. The average Bonchev–Trinajstić information content (AvgIpc) is 3.16. The maximum Gasteiger partial charge on any atom is 0.252 e. The molecule has 1 aliphatic rings. The molecule has 1 unspecified atom stereocenters. The lowest BCUT2D eigenvalue weighted by Gasteiger charge is -2.23. The van der Waals surface area contributed by atoms with Gasteiger partial charge in [-0.15, -0.1) is 11.3 Å². The van der Waals surface area contributed by atoms with E-state index in [0.717, 1.165) is 17.7 Å². The average molecular weight is 388 g/mol. The molecule has 2 N–H and O–H groups in total. The van der Waals surface area contributed by atoms with Gasteiger partial charge in [0.05, 0.1) is 0 Å². The fourth-order valence-corrected chi connectivity index (χ4v) is 6.26. The zero-order chi connectivity index (χ0) is 18.4. The zero-order valence-electron chi connectivity index (χ0n) is 15.2. The third kappa shape index (κ3) is 5.51. The van der Waals surface area contributed by atoms with Crippen molar-refractivity contribution in [3.8, 4) is 0 Å². The minimum atomic E-state index is -3.42. The van der Waals surface area contributed by atoms with Crippen LogP contribution in [0.5, 0.6) is 0 Å². The van der Waals surface area contributed by atoms with Gasteiger partial charge in [0.2, 0.25) is 5.91 Å². The maximum absolute atomic E-state index is 12.9. The van der Waals surface area contributed by atoms with E-state index < -0.39 is 10.0 Å². The predicted octanol–water partition coefficient (Wildman–Crippen LogP) is 1.83. The first-order valence-corrected chi connectivity index (χ1v) is 11.1. The number of nitrogens with zero attached hydrogens (tertiary/aromatic N) is 1. The van der Waals surface area contributed by atoms with E-state index in [2.05, 4.69) is 10.6 Å². The number of likely N-dealkylation sites (N-methyl/N-ethyl adjacent to an activating group) is 1. The smallest absolute Gasteiger partial charge is 0.252 e. The molecule has 0 saturated carbocycles. The van der Waals surface area contributed by atoms with E-state index in [1.54, 1.807) is 10.4 Å². The molecule has 25 heavy (non-hydrogen) atoms. The zero-order valence-corrected chi connectivity index (χ0v) is 16.9. The predicted molar refractivity (Wildman–Crippen MR) is 101 cm³/mol. The quantitative estimate of drug-likeness (QED) is 0.678. The molecule has 6 nitrogen and oxygen atoms in total. The molecule has 1 aromatic heterocycles. The number of carbonyl (C=O) groups excluding carboxylic acids is 1. The standard InChI is InChI=1S/C17H29N3O3S2/c1-13(2)11-16(21)19-9-8-15-6-7-17(24-15)25(22,23)20-10-4-5-14(20)12-18-3/h6-7,13-14,18H,4-5,8-12H2,1-3H3,(H,19,21).